The molecule has 1 aliphatic carbocycles. The third-order valence-electron chi connectivity index (χ3n) is 5.38. The molecule has 184 valence electrons. The van der Waals surface area contributed by atoms with Gasteiger partial charge in [0.05, 0.1) is 5.56 Å². The molecule has 7 nitrogen and oxygen atoms in total. The van der Waals surface area contributed by atoms with E-state index in [1.54, 1.807) is 5.32 Å². The summed E-state index contributed by atoms with van der Waals surface area (Å²) < 4.78 is 62.4. The minimum Gasteiger partial charge on any atom is -0.361 e. The molecule has 0 aromatic heterocycles. The minimum absolute atomic E-state index is 0.0457. The van der Waals surface area contributed by atoms with Crippen LogP contribution in [0.4, 0.5) is 28.0 Å². The number of rotatable bonds is 5. The van der Waals surface area contributed by atoms with Crippen molar-refractivity contribution in [2.24, 2.45) is 11.1 Å². The van der Waals surface area contributed by atoms with Crippen LogP contribution in [0.15, 0.2) is 66.8 Å². The van der Waals surface area contributed by atoms with Gasteiger partial charge in [-0.3, -0.25) is 4.79 Å². The summed E-state index contributed by atoms with van der Waals surface area (Å²) in [5.41, 5.74) is 1.26. The Morgan fingerprint density at radius 2 is 1.74 bits per heavy atom. The number of allylic oxidation sites excluding steroid dienone is 2. The Kier molecular flexibility index (Phi) is 7.11. The second-order valence-corrected chi connectivity index (χ2v) is 7.85. The van der Waals surface area contributed by atoms with Crippen molar-refractivity contribution in [2.75, 3.05) is 12.4 Å². The van der Waals surface area contributed by atoms with Gasteiger partial charge in [0.25, 0.3) is 5.91 Å². The molecule has 1 aliphatic rings. The first-order valence-corrected chi connectivity index (χ1v) is 10.3. The summed E-state index contributed by atoms with van der Waals surface area (Å²) in [6.07, 6.45) is -2.85. The Morgan fingerprint density at radius 1 is 1.11 bits per heavy atom. The van der Waals surface area contributed by atoms with E-state index in [9.17, 15) is 32.3 Å². The summed E-state index contributed by atoms with van der Waals surface area (Å²) in [6, 6.07) is 9.60. The first-order chi connectivity index (χ1) is 16.4. The number of thiocarbonyl (C=S) groups is 1. The van der Waals surface area contributed by atoms with Gasteiger partial charge in [-0.15, -0.1) is 0 Å². The molecule has 2 unspecified atom stereocenters. The zero-order chi connectivity index (χ0) is 26.0. The molecule has 0 radical (unpaired) electrons. The molecule has 0 bridgehead atoms. The number of primary amides is 1. The average Bonchev–Trinajstić information content (AvgIpc) is 2.78. The number of alkyl halides is 3. The van der Waals surface area contributed by atoms with Gasteiger partial charge in [0.1, 0.15) is 10.8 Å². The van der Waals surface area contributed by atoms with Crippen molar-refractivity contribution in [1.29, 1.82) is 0 Å². The summed E-state index contributed by atoms with van der Waals surface area (Å²) in [7, 11) is 0.832. The lowest BCUT2D eigenvalue weighted by atomic mass is 9.72. The fourth-order valence-corrected chi connectivity index (χ4v) is 4.07. The lowest BCUT2D eigenvalue weighted by Crippen LogP contribution is -2.64. The van der Waals surface area contributed by atoms with E-state index in [4.69, 9.17) is 22.7 Å². The van der Waals surface area contributed by atoms with Gasteiger partial charge in [-0.1, -0.05) is 48.6 Å². The zero-order valence-corrected chi connectivity index (χ0v) is 18.8. The number of nitrogens with one attached hydrogen (secondary N) is 2. The largest absolute Gasteiger partial charge is 0.409 e. The van der Waals surface area contributed by atoms with E-state index in [1.165, 1.54) is 42.5 Å². The highest BCUT2D eigenvalue weighted by atomic mass is 32.1. The molecular weight excluding hydrogens is 490 g/mol. The summed E-state index contributed by atoms with van der Waals surface area (Å²) in [5, 5.41) is 15.0. The van der Waals surface area contributed by atoms with Crippen LogP contribution < -0.4 is 16.4 Å². The number of methoxy groups -OCH3 is 1. The zero-order valence-electron chi connectivity index (χ0n) is 18.0. The maximum absolute atomic E-state index is 14.5. The van der Waals surface area contributed by atoms with Crippen LogP contribution >= 0.6 is 12.2 Å². The van der Waals surface area contributed by atoms with E-state index in [-0.39, 0.29) is 22.4 Å². The fraction of sp³-hybridized carbons (Fsp3) is 0.174. The molecule has 0 spiro atoms. The highest BCUT2D eigenvalue weighted by Crippen LogP contribution is 2.53. The van der Waals surface area contributed by atoms with Gasteiger partial charge in [0.2, 0.25) is 5.79 Å². The summed E-state index contributed by atoms with van der Waals surface area (Å²) >= 11 is 4.85. The van der Waals surface area contributed by atoms with Gasteiger partial charge in [0.15, 0.2) is 5.41 Å². The SMILES string of the molecule is COC1(O)C=CC(c2ccccc2NC(=O)c2ccccc2F)=CC1(C(=S)NC(N)=O)C(F)(F)F. The normalized spacial score (nSPS) is 21.7. The molecule has 3 amide bonds. The lowest BCUT2D eigenvalue weighted by molar-refractivity contribution is -0.291. The number of benzene rings is 2. The third kappa shape index (κ3) is 4.67. The number of hydrogen-bond acceptors (Lipinski definition) is 5. The van der Waals surface area contributed by atoms with Gasteiger partial charge >= 0.3 is 12.2 Å². The summed E-state index contributed by atoms with van der Waals surface area (Å²) in [5.74, 6) is -4.67. The minimum atomic E-state index is -5.28. The number of anilines is 1. The van der Waals surface area contributed by atoms with Crippen molar-refractivity contribution >= 4 is 40.4 Å². The van der Waals surface area contributed by atoms with Crippen molar-refractivity contribution < 1.29 is 37.0 Å². The predicted molar refractivity (Wildman–Crippen MR) is 124 cm³/mol. The van der Waals surface area contributed by atoms with Gasteiger partial charge in [-0.2, -0.15) is 13.2 Å². The Labute approximate surface area is 202 Å². The van der Waals surface area contributed by atoms with Crippen LogP contribution in [-0.4, -0.2) is 41.1 Å². The molecule has 0 heterocycles. The molecular formula is C23H19F4N3O4S. The molecule has 0 fully saturated rings. The van der Waals surface area contributed by atoms with Crippen molar-refractivity contribution in [1.82, 2.24) is 5.32 Å². The number of nitrogens with two attached hydrogens (primary N) is 1. The first-order valence-electron chi connectivity index (χ1n) is 9.89. The summed E-state index contributed by atoms with van der Waals surface area (Å²) in [6.45, 7) is 0. The van der Waals surface area contributed by atoms with Gasteiger partial charge in [-0.25, -0.2) is 9.18 Å². The molecule has 12 heteroatoms. The molecule has 2 atom stereocenters. The van der Waals surface area contributed by atoms with E-state index in [1.807, 2.05) is 0 Å². The molecule has 5 N–H and O–H groups in total. The van der Waals surface area contributed by atoms with Crippen molar-refractivity contribution in [3.05, 3.63) is 83.7 Å². The highest BCUT2D eigenvalue weighted by molar-refractivity contribution is 7.80. The van der Waals surface area contributed by atoms with E-state index < -0.39 is 40.1 Å². The number of amides is 3. The number of ether oxygens (including phenoxy) is 1. The Hall–Kier alpha value is -3.61. The van der Waals surface area contributed by atoms with Crippen LogP contribution in [0.5, 0.6) is 0 Å². The Balaban J connectivity index is 2.16. The Morgan fingerprint density at radius 3 is 2.34 bits per heavy atom. The van der Waals surface area contributed by atoms with Crippen LogP contribution in [0.1, 0.15) is 15.9 Å². The molecule has 0 saturated heterocycles. The molecule has 2 aromatic carbocycles. The van der Waals surface area contributed by atoms with Crippen LogP contribution in [0, 0.1) is 11.2 Å². The quantitative estimate of drug-likeness (QED) is 0.277. The molecule has 2 aromatic rings. The number of halogens is 4. The van der Waals surface area contributed by atoms with Crippen LogP contribution in [0.25, 0.3) is 5.57 Å². The number of hydrogen-bond donors (Lipinski definition) is 4. The highest BCUT2D eigenvalue weighted by Gasteiger charge is 2.69. The van der Waals surface area contributed by atoms with E-state index in [0.717, 1.165) is 25.3 Å². The van der Waals surface area contributed by atoms with Crippen molar-refractivity contribution in [3.8, 4) is 0 Å². The maximum Gasteiger partial charge on any atom is 0.409 e. The Bertz CT molecular complexity index is 1250. The summed E-state index contributed by atoms with van der Waals surface area (Å²) in [4.78, 5) is 22.8. The van der Waals surface area contributed by atoms with E-state index in [2.05, 4.69) is 5.32 Å². The maximum atomic E-state index is 14.5. The van der Waals surface area contributed by atoms with Crippen LogP contribution in [-0.2, 0) is 4.74 Å². The average molecular weight is 509 g/mol. The lowest BCUT2D eigenvalue weighted by Gasteiger charge is -2.45. The number of aliphatic hydroxyl groups is 1. The molecule has 0 aliphatic heterocycles. The van der Waals surface area contributed by atoms with Crippen molar-refractivity contribution in [2.45, 2.75) is 12.0 Å². The molecule has 35 heavy (non-hydrogen) atoms. The third-order valence-corrected chi connectivity index (χ3v) is 5.81. The number of carbonyl (C=O) groups is 2. The second-order valence-electron chi connectivity index (χ2n) is 7.44. The fourth-order valence-electron chi connectivity index (χ4n) is 3.65. The number of urea groups is 1. The number of para-hydroxylation sites is 1. The van der Waals surface area contributed by atoms with Gasteiger partial charge in [0, 0.05) is 18.4 Å². The first kappa shape index (κ1) is 26.0. The smallest absolute Gasteiger partial charge is 0.361 e. The molecule has 3 rings (SSSR count). The van der Waals surface area contributed by atoms with E-state index in [0.29, 0.717) is 6.08 Å². The second kappa shape index (κ2) is 9.56. The van der Waals surface area contributed by atoms with Gasteiger partial charge in [-0.05, 0) is 35.9 Å². The van der Waals surface area contributed by atoms with Crippen molar-refractivity contribution in [3.63, 3.8) is 0 Å². The van der Waals surface area contributed by atoms with Crippen LogP contribution in [0.2, 0.25) is 0 Å². The van der Waals surface area contributed by atoms with Crippen LogP contribution in [0.3, 0.4) is 0 Å². The molecule has 0 saturated carbocycles. The standard InChI is InChI=1S/C23H19F4N3O4S/c1-34-22(33)11-10-13(12-21(22,23(25,26)27)19(35)30-20(28)32)14-6-3-5-9-17(14)29-18(31)15-7-2-4-8-16(15)24/h2-12,33H,1H3,(H,29,31)(H3,28,30,32,35). The predicted octanol–water partition coefficient (Wildman–Crippen LogP) is 3.91. The topological polar surface area (TPSA) is 114 Å². The van der Waals surface area contributed by atoms with E-state index >= 15 is 0 Å². The number of carbonyl (C=O) groups excluding carboxylic acids is 2. The monoisotopic (exact) mass is 509 g/mol. The van der Waals surface area contributed by atoms with Gasteiger partial charge < -0.3 is 26.2 Å².